The standard InChI is InChI=1S/C20H27N3O2/c1-14-11-15(2)20(16(3)12-14)18(24)7-5-8-19(25)22-17(4)13-23-10-6-9-21-23/h6,9-12,17H,5,7-8,13H2,1-4H3,(H,22,25)/t17-/m1/s1. The van der Waals surface area contributed by atoms with Crippen LogP contribution in [0, 0.1) is 20.8 Å². The van der Waals surface area contributed by atoms with Crippen molar-refractivity contribution >= 4 is 11.7 Å². The van der Waals surface area contributed by atoms with Gasteiger partial charge in [0, 0.05) is 36.8 Å². The molecule has 0 saturated heterocycles. The third-order valence-electron chi connectivity index (χ3n) is 4.19. The predicted molar refractivity (Wildman–Crippen MR) is 98.7 cm³/mol. The van der Waals surface area contributed by atoms with E-state index in [0.717, 1.165) is 22.3 Å². The summed E-state index contributed by atoms with van der Waals surface area (Å²) in [4.78, 5) is 24.5. The van der Waals surface area contributed by atoms with Crippen molar-refractivity contribution in [1.82, 2.24) is 15.1 Å². The summed E-state index contributed by atoms with van der Waals surface area (Å²) in [6.45, 7) is 8.56. The first-order chi connectivity index (χ1) is 11.9. The van der Waals surface area contributed by atoms with Gasteiger partial charge in [0.15, 0.2) is 5.78 Å². The fourth-order valence-electron chi connectivity index (χ4n) is 3.24. The van der Waals surface area contributed by atoms with Crippen LogP contribution in [-0.2, 0) is 11.3 Å². The van der Waals surface area contributed by atoms with E-state index in [1.165, 1.54) is 0 Å². The summed E-state index contributed by atoms with van der Waals surface area (Å²) in [6, 6.07) is 5.92. The zero-order valence-electron chi connectivity index (χ0n) is 15.5. The third kappa shape index (κ3) is 5.55. The van der Waals surface area contributed by atoms with Crippen LogP contribution >= 0.6 is 0 Å². The van der Waals surface area contributed by atoms with E-state index in [9.17, 15) is 9.59 Å². The number of amides is 1. The average Bonchev–Trinajstić information content (AvgIpc) is 2.98. The maximum atomic E-state index is 12.5. The van der Waals surface area contributed by atoms with E-state index >= 15 is 0 Å². The van der Waals surface area contributed by atoms with Crippen LogP contribution in [0.3, 0.4) is 0 Å². The summed E-state index contributed by atoms with van der Waals surface area (Å²) < 4.78 is 1.79. The number of carbonyl (C=O) groups is 2. The van der Waals surface area contributed by atoms with E-state index in [4.69, 9.17) is 0 Å². The highest BCUT2D eigenvalue weighted by Gasteiger charge is 2.14. The van der Waals surface area contributed by atoms with Crippen molar-refractivity contribution in [2.24, 2.45) is 0 Å². The minimum absolute atomic E-state index is 0.00434. The van der Waals surface area contributed by atoms with Gasteiger partial charge in [0.05, 0.1) is 6.54 Å². The zero-order chi connectivity index (χ0) is 18.4. The van der Waals surface area contributed by atoms with Gasteiger partial charge in [-0.3, -0.25) is 14.3 Å². The molecule has 1 atom stereocenters. The topological polar surface area (TPSA) is 64.0 Å². The lowest BCUT2D eigenvalue weighted by Gasteiger charge is -2.14. The van der Waals surface area contributed by atoms with Crippen LogP contribution in [0.4, 0.5) is 0 Å². The Hall–Kier alpha value is -2.43. The Labute approximate surface area is 149 Å². The molecule has 0 aliphatic rings. The molecule has 5 nitrogen and oxygen atoms in total. The fourth-order valence-corrected chi connectivity index (χ4v) is 3.24. The Morgan fingerprint density at radius 2 is 1.84 bits per heavy atom. The Morgan fingerprint density at radius 1 is 1.16 bits per heavy atom. The number of nitrogens with one attached hydrogen (secondary N) is 1. The lowest BCUT2D eigenvalue weighted by Crippen LogP contribution is -2.35. The van der Waals surface area contributed by atoms with E-state index in [-0.39, 0.29) is 17.7 Å². The highest BCUT2D eigenvalue weighted by Crippen LogP contribution is 2.19. The largest absolute Gasteiger partial charge is 0.352 e. The van der Waals surface area contributed by atoms with Crippen LogP contribution in [0.15, 0.2) is 30.6 Å². The molecule has 0 unspecified atom stereocenters. The molecule has 1 heterocycles. The van der Waals surface area contributed by atoms with Crippen molar-refractivity contribution in [3.05, 3.63) is 52.8 Å². The smallest absolute Gasteiger partial charge is 0.220 e. The number of carbonyl (C=O) groups excluding carboxylic acids is 2. The Balaban J connectivity index is 1.78. The van der Waals surface area contributed by atoms with Crippen LogP contribution in [0.5, 0.6) is 0 Å². The first-order valence-electron chi connectivity index (χ1n) is 8.74. The van der Waals surface area contributed by atoms with Crippen molar-refractivity contribution in [3.8, 4) is 0 Å². The summed E-state index contributed by atoms with van der Waals surface area (Å²) in [7, 11) is 0. The molecule has 0 radical (unpaired) electrons. The number of aryl methyl sites for hydroxylation is 3. The quantitative estimate of drug-likeness (QED) is 0.749. The minimum atomic E-state index is -0.0233. The summed E-state index contributed by atoms with van der Waals surface area (Å²) in [5.74, 6) is 0.0946. The number of aromatic nitrogens is 2. The molecule has 1 amide bonds. The number of nitrogens with zero attached hydrogens (tertiary/aromatic N) is 2. The molecule has 1 aromatic carbocycles. The molecule has 1 aromatic heterocycles. The molecule has 0 spiro atoms. The third-order valence-corrected chi connectivity index (χ3v) is 4.19. The number of benzene rings is 1. The van der Waals surface area contributed by atoms with E-state index in [0.29, 0.717) is 25.8 Å². The average molecular weight is 341 g/mol. The van der Waals surface area contributed by atoms with Crippen LogP contribution < -0.4 is 5.32 Å². The normalized spacial score (nSPS) is 12.0. The maximum absolute atomic E-state index is 12.5. The Morgan fingerprint density at radius 3 is 2.44 bits per heavy atom. The SMILES string of the molecule is Cc1cc(C)c(C(=O)CCCC(=O)N[C@H](C)Cn2cccn2)c(C)c1. The van der Waals surface area contributed by atoms with E-state index in [1.54, 1.807) is 10.9 Å². The second kappa shape index (κ2) is 8.60. The second-order valence-electron chi connectivity index (χ2n) is 6.75. The first-order valence-corrected chi connectivity index (χ1v) is 8.74. The number of Topliss-reactive ketones (excluding diaryl/α,β-unsaturated/α-hetero) is 1. The molecule has 0 bridgehead atoms. The summed E-state index contributed by atoms with van der Waals surface area (Å²) in [5, 5.41) is 7.08. The van der Waals surface area contributed by atoms with Crippen molar-refractivity contribution < 1.29 is 9.59 Å². The van der Waals surface area contributed by atoms with Crippen LogP contribution in [-0.4, -0.2) is 27.5 Å². The van der Waals surface area contributed by atoms with Gasteiger partial charge in [0.2, 0.25) is 5.91 Å². The van der Waals surface area contributed by atoms with Gasteiger partial charge >= 0.3 is 0 Å². The van der Waals surface area contributed by atoms with Crippen LogP contribution in [0.1, 0.15) is 53.2 Å². The number of rotatable bonds is 8. The highest BCUT2D eigenvalue weighted by atomic mass is 16.1. The van der Waals surface area contributed by atoms with Crippen LogP contribution in [0.2, 0.25) is 0 Å². The van der Waals surface area contributed by atoms with E-state index < -0.39 is 0 Å². The summed E-state index contributed by atoms with van der Waals surface area (Å²) >= 11 is 0. The van der Waals surface area contributed by atoms with Gasteiger partial charge in [-0.15, -0.1) is 0 Å². The van der Waals surface area contributed by atoms with Crippen molar-refractivity contribution in [2.45, 2.75) is 59.5 Å². The van der Waals surface area contributed by atoms with Crippen molar-refractivity contribution in [1.29, 1.82) is 0 Å². The van der Waals surface area contributed by atoms with Crippen molar-refractivity contribution in [3.63, 3.8) is 0 Å². The maximum Gasteiger partial charge on any atom is 0.220 e. The molecule has 0 fully saturated rings. The van der Waals surface area contributed by atoms with Gasteiger partial charge in [-0.1, -0.05) is 17.7 Å². The predicted octanol–water partition coefficient (Wildman–Crippen LogP) is 3.37. The monoisotopic (exact) mass is 341 g/mol. The summed E-state index contributed by atoms with van der Waals surface area (Å²) in [6.07, 6.45) is 4.90. The molecule has 134 valence electrons. The molecule has 1 N–H and O–H groups in total. The Bertz CT molecular complexity index is 712. The lowest BCUT2D eigenvalue weighted by molar-refractivity contribution is -0.121. The summed E-state index contributed by atoms with van der Waals surface area (Å²) in [5.41, 5.74) is 4.00. The van der Waals surface area contributed by atoms with E-state index in [1.807, 2.05) is 52.1 Å². The number of hydrogen-bond donors (Lipinski definition) is 1. The molecule has 0 aliphatic heterocycles. The second-order valence-corrected chi connectivity index (χ2v) is 6.75. The van der Waals surface area contributed by atoms with Gasteiger partial charge in [-0.05, 0) is 51.3 Å². The molecule has 0 saturated carbocycles. The first kappa shape index (κ1) is 18.9. The van der Waals surface area contributed by atoms with Gasteiger partial charge in [0.1, 0.15) is 0 Å². The van der Waals surface area contributed by atoms with Gasteiger partial charge in [-0.2, -0.15) is 5.10 Å². The van der Waals surface area contributed by atoms with Gasteiger partial charge in [-0.25, -0.2) is 0 Å². The molecule has 2 aromatic rings. The highest BCUT2D eigenvalue weighted by molar-refractivity contribution is 5.99. The number of ketones is 1. The Kier molecular flexibility index (Phi) is 6.51. The lowest BCUT2D eigenvalue weighted by atomic mass is 9.94. The molecule has 5 heteroatoms. The van der Waals surface area contributed by atoms with Crippen molar-refractivity contribution in [2.75, 3.05) is 0 Å². The number of hydrogen-bond acceptors (Lipinski definition) is 3. The van der Waals surface area contributed by atoms with Crippen LogP contribution in [0.25, 0.3) is 0 Å². The fraction of sp³-hybridized carbons (Fsp3) is 0.450. The van der Waals surface area contributed by atoms with Gasteiger partial charge < -0.3 is 5.32 Å². The minimum Gasteiger partial charge on any atom is -0.352 e. The molecular weight excluding hydrogens is 314 g/mol. The molecule has 2 rings (SSSR count). The molecular formula is C20H27N3O2. The van der Waals surface area contributed by atoms with E-state index in [2.05, 4.69) is 10.4 Å². The molecule has 0 aliphatic carbocycles. The van der Waals surface area contributed by atoms with Gasteiger partial charge in [0.25, 0.3) is 0 Å². The zero-order valence-corrected chi connectivity index (χ0v) is 15.5. The molecule has 25 heavy (non-hydrogen) atoms.